The van der Waals surface area contributed by atoms with E-state index >= 15 is 0 Å². The van der Waals surface area contributed by atoms with Crippen molar-refractivity contribution in [2.45, 2.75) is 38.8 Å². The Morgan fingerprint density at radius 3 is 2.50 bits per heavy atom. The number of hydrogen-bond donors (Lipinski definition) is 0. The Hall–Kier alpha value is -2.06. The molecule has 0 saturated heterocycles. The molecule has 0 fully saturated rings. The number of rotatable bonds is 4. The number of carbonyl (C=O) groups is 1. The predicted octanol–water partition coefficient (Wildman–Crippen LogP) is 2.88. The maximum atomic E-state index is 12.8. The molecule has 7 nitrogen and oxygen atoms in total. The quantitative estimate of drug-likeness (QED) is 0.694. The van der Waals surface area contributed by atoms with Crippen LogP contribution >= 0.6 is 0 Å². The Bertz CT molecular complexity index is 755. The van der Waals surface area contributed by atoms with Crippen LogP contribution in [0.15, 0.2) is 47.9 Å². The minimum Gasteiger partial charge on any atom is -0.489 e. The van der Waals surface area contributed by atoms with Gasteiger partial charge in [-0.1, -0.05) is 24.3 Å². The van der Waals surface area contributed by atoms with Crippen LogP contribution in [0.4, 0.5) is 4.79 Å². The number of ether oxygens (including phenoxy) is 2. The lowest BCUT2D eigenvalue weighted by atomic mass is 10.1. The highest BCUT2D eigenvalue weighted by atomic mass is 32.2. The molecule has 0 N–H and O–H groups in total. The van der Waals surface area contributed by atoms with Gasteiger partial charge in [0.2, 0.25) is 0 Å². The molecular formula is C18H25NO6S. The second-order valence-corrected chi connectivity index (χ2v) is 8.63. The second-order valence-electron chi connectivity index (χ2n) is 6.98. The van der Waals surface area contributed by atoms with E-state index in [0.717, 1.165) is 6.26 Å². The summed E-state index contributed by atoms with van der Waals surface area (Å²) >= 11 is 0. The lowest BCUT2D eigenvalue weighted by Gasteiger charge is -2.38. The van der Waals surface area contributed by atoms with Gasteiger partial charge >= 0.3 is 6.09 Å². The average Bonchev–Trinajstić information content (AvgIpc) is 2.45. The number of carbonyl (C=O) groups excluding carboxylic acids is 1. The summed E-state index contributed by atoms with van der Waals surface area (Å²) in [5.41, 5.74) is -0.0965. The highest BCUT2D eigenvalue weighted by molar-refractivity contribution is 7.85. The summed E-state index contributed by atoms with van der Waals surface area (Å²) in [6.07, 6.45) is 11.6. The van der Waals surface area contributed by atoms with Crippen molar-refractivity contribution in [1.82, 2.24) is 4.90 Å². The van der Waals surface area contributed by atoms with Gasteiger partial charge in [-0.25, -0.2) is 4.79 Å². The van der Waals surface area contributed by atoms with Gasteiger partial charge in [0.05, 0.1) is 24.6 Å². The molecule has 0 radical (unpaired) electrons. The third-order valence-electron chi connectivity index (χ3n) is 3.48. The van der Waals surface area contributed by atoms with E-state index < -0.39 is 27.9 Å². The molecule has 0 aromatic rings. The molecular weight excluding hydrogens is 358 g/mol. The molecule has 1 heterocycles. The number of amides is 1. The highest BCUT2D eigenvalue weighted by Gasteiger charge is 2.35. The molecule has 2 rings (SSSR count). The van der Waals surface area contributed by atoms with Gasteiger partial charge < -0.3 is 9.47 Å². The third-order valence-corrected chi connectivity index (χ3v) is 4.08. The minimum atomic E-state index is -3.55. The van der Waals surface area contributed by atoms with Crippen LogP contribution in [-0.4, -0.2) is 50.5 Å². The normalized spacial score (nSPS) is 20.3. The molecule has 2 aliphatic rings. The molecule has 1 aliphatic heterocycles. The summed E-state index contributed by atoms with van der Waals surface area (Å²) < 4.78 is 38.5. The van der Waals surface area contributed by atoms with Crippen LogP contribution in [0.2, 0.25) is 0 Å². The zero-order valence-electron chi connectivity index (χ0n) is 15.5. The van der Waals surface area contributed by atoms with Crippen molar-refractivity contribution in [3.8, 4) is 0 Å². The minimum absolute atomic E-state index is 0.0474. The summed E-state index contributed by atoms with van der Waals surface area (Å²) in [6.45, 7) is 5.54. The van der Waals surface area contributed by atoms with Crippen LogP contribution < -0.4 is 0 Å². The summed E-state index contributed by atoms with van der Waals surface area (Å²) in [4.78, 5) is 14.3. The van der Waals surface area contributed by atoms with E-state index in [2.05, 4.69) is 0 Å². The maximum Gasteiger partial charge on any atom is 0.415 e. The van der Waals surface area contributed by atoms with E-state index in [-0.39, 0.29) is 19.6 Å². The van der Waals surface area contributed by atoms with Gasteiger partial charge in [0.15, 0.2) is 0 Å². The Balaban J connectivity index is 2.28. The first-order valence-corrected chi connectivity index (χ1v) is 10.1. The summed E-state index contributed by atoms with van der Waals surface area (Å²) in [5.74, 6) is 0.553. The Kier molecular flexibility index (Phi) is 6.30. The van der Waals surface area contributed by atoms with Crippen molar-refractivity contribution in [3.05, 3.63) is 47.9 Å². The summed E-state index contributed by atoms with van der Waals surface area (Å²) in [5, 5.41) is 0. The van der Waals surface area contributed by atoms with Crippen molar-refractivity contribution in [2.24, 2.45) is 0 Å². The van der Waals surface area contributed by atoms with Gasteiger partial charge in [-0.05, 0) is 39.3 Å². The smallest absolute Gasteiger partial charge is 0.415 e. The molecule has 1 amide bonds. The molecule has 26 heavy (non-hydrogen) atoms. The molecule has 0 saturated carbocycles. The molecule has 1 atom stereocenters. The Morgan fingerprint density at radius 2 is 1.88 bits per heavy atom. The lowest BCUT2D eigenvalue weighted by molar-refractivity contribution is 0.00521. The number of nitrogens with zero attached hydrogens (tertiary/aromatic N) is 1. The van der Waals surface area contributed by atoms with Gasteiger partial charge in [-0.15, -0.1) is 0 Å². The van der Waals surface area contributed by atoms with Crippen molar-refractivity contribution in [2.75, 3.05) is 19.5 Å². The third kappa shape index (κ3) is 6.03. The zero-order valence-corrected chi connectivity index (χ0v) is 16.3. The topological polar surface area (TPSA) is 82.1 Å². The van der Waals surface area contributed by atoms with E-state index in [0.29, 0.717) is 11.5 Å². The van der Waals surface area contributed by atoms with Crippen molar-refractivity contribution < 1.29 is 26.9 Å². The molecule has 1 aliphatic carbocycles. The largest absolute Gasteiger partial charge is 0.489 e. The first kappa shape index (κ1) is 20.3. The van der Waals surface area contributed by atoms with Crippen molar-refractivity contribution in [1.29, 1.82) is 0 Å². The number of allylic oxidation sites excluding steroid dienone is 6. The fourth-order valence-corrected chi connectivity index (χ4v) is 2.87. The zero-order chi connectivity index (χ0) is 19.4. The van der Waals surface area contributed by atoms with Gasteiger partial charge in [-0.2, -0.15) is 8.42 Å². The first-order valence-electron chi connectivity index (χ1n) is 8.32. The molecule has 1 unspecified atom stereocenters. The SMILES string of the molecule is CC(C)(C)OC(=O)N1C2=C(C=CC=CC=C2)OCC1CCOS(C)(=O)=O. The van der Waals surface area contributed by atoms with Crippen LogP contribution in [0.5, 0.6) is 0 Å². The average molecular weight is 383 g/mol. The monoisotopic (exact) mass is 383 g/mol. The predicted molar refractivity (Wildman–Crippen MR) is 97.7 cm³/mol. The van der Waals surface area contributed by atoms with Gasteiger partial charge in [0.1, 0.15) is 18.0 Å². The van der Waals surface area contributed by atoms with Gasteiger partial charge in [0, 0.05) is 0 Å². The van der Waals surface area contributed by atoms with E-state index in [1.807, 2.05) is 18.2 Å². The summed E-state index contributed by atoms with van der Waals surface area (Å²) in [7, 11) is -3.55. The van der Waals surface area contributed by atoms with Crippen molar-refractivity contribution in [3.63, 3.8) is 0 Å². The van der Waals surface area contributed by atoms with Crippen LogP contribution in [0.25, 0.3) is 0 Å². The van der Waals surface area contributed by atoms with Crippen molar-refractivity contribution >= 4 is 16.2 Å². The standard InChI is InChI=1S/C18H25NO6S/c1-18(2,3)25-17(20)19-14(11-12-24-26(4,21)22)13-23-16-10-8-6-5-7-9-15(16)19/h5-10,14H,11-13H2,1-4H3. The Labute approximate surface area is 154 Å². The Morgan fingerprint density at radius 1 is 1.23 bits per heavy atom. The maximum absolute atomic E-state index is 12.8. The molecule has 0 aromatic heterocycles. The fraction of sp³-hybridized carbons (Fsp3) is 0.500. The van der Waals surface area contributed by atoms with E-state index in [1.165, 1.54) is 4.90 Å². The van der Waals surface area contributed by atoms with E-state index in [4.69, 9.17) is 13.7 Å². The van der Waals surface area contributed by atoms with Gasteiger partial charge in [0.25, 0.3) is 10.1 Å². The second kappa shape index (κ2) is 8.09. The van der Waals surface area contributed by atoms with Gasteiger partial charge in [-0.3, -0.25) is 9.08 Å². The number of hydrogen-bond acceptors (Lipinski definition) is 6. The molecule has 0 bridgehead atoms. The molecule has 0 spiro atoms. The lowest BCUT2D eigenvalue weighted by Crippen LogP contribution is -2.48. The van der Waals surface area contributed by atoms with E-state index in [1.54, 1.807) is 39.0 Å². The van der Waals surface area contributed by atoms with Crippen LogP contribution in [0.1, 0.15) is 27.2 Å². The summed E-state index contributed by atoms with van der Waals surface area (Å²) in [6, 6.07) is -0.410. The van der Waals surface area contributed by atoms with E-state index in [9.17, 15) is 13.2 Å². The molecule has 144 valence electrons. The fourth-order valence-electron chi connectivity index (χ4n) is 2.47. The first-order chi connectivity index (χ1) is 12.1. The molecule has 8 heteroatoms. The highest BCUT2D eigenvalue weighted by Crippen LogP contribution is 2.28. The van der Waals surface area contributed by atoms with Crippen LogP contribution in [-0.2, 0) is 23.8 Å². The van der Waals surface area contributed by atoms with Crippen LogP contribution in [0.3, 0.4) is 0 Å². The van der Waals surface area contributed by atoms with Crippen LogP contribution in [0, 0.1) is 0 Å². The molecule has 0 aromatic carbocycles.